The Bertz CT molecular complexity index is 967. The number of esters is 1. The predicted molar refractivity (Wildman–Crippen MR) is 174 cm³/mol. The van der Waals surface area contributed by atoms with Crippen LogP contribution in [0.4, 0.5) is 5.69 Å². The molecule has 0 atom stereocenters. The van der Waals surface area contributed by atoms with Crippen molar-refractivity contribution in [2.45, 2.75) is 75.2 Å². The fraction of sp³-hybridized carbons (Fsp3) is 0.452. The number of nitrogens with zero attached hydrogens (tertiary/aromatic N) is 1. The maximum absolute atomic E-state index is 11.9. The molecule has 2 aromatic carbocycles. The van der Waals surface area contributed by atoms with Crippen LogP contribution in [0.3, 0.4) is 0 Å². The average Bonchev–Trinajstić information content (AvgIpc) is 2.97. The molecule has 0 heterocycles. The number of ether oxygens (including phenoxy) is 2. The van der Waals surface area contributed by atoms with Gasteiger partial charge in [-0.05, 0) is 81.3 Å². The van der Waals surface area contributed by atoms with E-state index in [1.165, 1.54) is 12.1 Å². The first kappa shape index (κ1) is 40.3. The molecule has 0 aromatic heterocycles. The van der Waals surface area contributed by atoms with E-state index in [0.717, 1.165) is 49.0 Å². The number of nitro benzene ring substituents is 1. The smallest absolute Gasteiger partial charge is 0.311 e. The molecule has 2 aromatic rings. The van der Waals surface area contributed by atoms with Crippen molar-refractivity contribution in [2.24, 2.45) is 5.41 Å². The zero-order chi connectivity index (χ0) is 29.4. The third-order valence-electron chi connectivity index (χ3n) is 5.43. The van der Waals surface area contributed by atoms with Crippen LogP contribution in [0.1, 0.15) is 89.3 Å². The summed E-state index contributed by atoms with van der Waals surface area (Å²) >= 11 is 7.33. The van der Waals surface area contributed by atoms with Crippen LogP contribution in [0.15, 0.2) is 48.5 Å². The van der Waals surface area contributed by atoms with Gasteiger partial charge in [0.25, 0.3) is 5.69 Å². The molecule has 0 amide bonds. The summed E-state index contributed by atoms with van der Waals surface area (Å²) in [5, 5.41) is 10.7. The van der Waals surface area contributed by atoms with Gasteiger partial charge in [-0.15, -0.1) is 12.8 Å². The van der Waals surface area contributed by atoms with Crippen molar-refractivity contribution in [1.82, 2.24) is 0 Å². The van der Waals surface area contributed by atoms with Gasteiger partial charge in [-0.2, -0.15) is 0 Å². The predicted octanol–water partition coefficient (Wildman–Crippen LogP) is 9.08. The topological polar surface area (TPSA) is 78.7 Å². The molecule has 39 heavy (non-hydrogen) atoms. The molecule has 0 aliphatic carbocycles. The molecule has 8 heteroatoms. The van der Waals surface area contributed by atoms with Gasteiger partial charge >= 0.3 is 5.97 Å². The number of unbranched alkanes of at least 4 members (excludes halogenated alkanes) is 3. The molecule has 0 radical (unpaired) electrons. The molecule has 6 nitrogen and oxygen atoms in total. The Morgan fingerprint density at radius 3 is 1.79 bits per heavy atom. The summed E-state index contributed by atoms with van der Waals surface area (Å²) in [5.41, 5.74) is 1.61. The monoisotopic (exact) mass is 581 g/mol. The Labute approximate surface area is 250 Å². The summed E-state index contributed by atoms with van der Waals surface area (Å²) in [6.45, 7) is 6.95. The van der Waals surface area contributed by atoms with Gasteiger partial charge in [0.15, 0.2) is 0 Å². The Hall–Kier alpha value is -3.15. The van der Waals surface area contributed by atoms with E-state index in [1.807, 2.05) is 57.2 Å². The molecule has 0 aliphatic rings. The van der Waals surface area contributed by atoms with Gasteiger partial charge in [0, 0.05) is 37.5 Å². The van der Waals surface area contributed by atoms with Crippen molar-refractivity contribution in [3.8, 4) is 18.6 Å². The van der Waals surface area contributed by atoms with Crippen LogP contribution < -0.4 is 4.74 Å². The Kier molecular flexibility index (Phi) is 26.0. The molecule has 0 spiro atoms. The number of terminal acetylenes is 1. The molecule has 0 fully saturated rings. The van der Waals surface area contributed by atoms with Crippen LogP contribution in [0.5, 0.6) is 5.75 Å². The minimum absolute atomic E-state index is 0. The first-order valence-electron chi connectivity index (χ1n) is 12.6. The van der Waals surface area contributed by atoms with Crippen molar-refractivity contribution >= 4 is 46.2 Å². The quantitative estimate of drug-likeness (QED) is 0.0583. The summed E-state index contributed by atoms with van der Waals surface area (Å²) in [6, 6.07) is 14.3. The summed E-state index contributed by atoms with van der Waals surface area (Å²) in [7, 11) is 0. The molecule has 0 bridgehead atoms. The Balaban J connectivity index is -0.000000449. The highest BCUT2D eigenvalue weighted by molar-refractivity contribution is 8.07. The van der Waals surface area contributed by atoms with E-state index in [2.05, 4.69) is 35.2 Å². The highest BCUT2D eigenvalue weighted by Crippen LogP contribution is 2.21. The van der Waals surface area contributed by atoms with E-state index in [-0.39, 0.29) is 33.9 Å². The normalized spacial score (nSPS) is 9.77. The van der Waals surface area contributed by atoms with Gasteiger partial charge < -0.3 is 9.47 Å². The van der Waals surface area contributed by atoms with Crippen LogP contribution in [0.2, 0.25) is 0 Å². The third-order valence-corrected chi connectivity index (χ3v) is 5.43. The Morgan fingerprint density at radius 2 is 1.36 bits per heavy atom. The first-order valence-corrected chi connectivity index (χ1v) is 13.0. The Morgan fingerprint density at radius 1 is 0.923 bits per heavy atom. The van der Waals surface area contributed by atoms with E-state index >= 15 is 0 Å². The molecule has 220 valence electrons. The molecule has 2 rings (SSSR count). The van der Waals surface area contributed by atoms with Crippen molar-refractivity contribution in [3.63, 3.8) is 0 Å². The molecule has 0 saturated carbocycles. The van der Waals surface area contributed by atoms with E-state index in [0.29, 0.717) is 13.2 Å². The summed E-state index contributed by atoms with van der Waals surface area (Å²) < 4.78 is 21.1. The summed E-state index contributed by atoms with van der Waals surface area (Å²) in [4.78, 5) is 22.2. The number of hydrogen-bond acceptors (Lipinski definition) is 7. The lowest BCUT2D eigenvalue weighted by Crippen LogP contribution is -2.26. The number of carbonyl (C=O) groups excluding carboxylic acids is 1. The number of nitro groups is 1. The van der Waals surface area contributed by atoms with Crippen LogP contribution >= 0.6 is 0 Å². The lowest BCUT2D eigenvalue weighted by atomic mass is 9.91. The standard InChI is InChI=1S/C26H33NO5.C2H2.3CH4.S2.H2/c1-4-26(2,3)25(28)32-20-8-6-5-7-19-31-24-17-13-22(14-18-24)10-9-21-11-15-23(16-12-21)27(29)30;1-2;;;;1-2;/h9-18H,4-8,19-20H2,1-3H3;1-2H;3*1H4;;1H/b10-9+;;;;;;/i;;;;;;1+1D. The van der Waals surface area contributed by atoms with Gasteiger partial charge in [0.05, 0.1) is 23.6 Å². The third kappa shape index (κ3) is 17.9. The van der Waals surface area contributed by atoms with Crippen LogP contribution in [0, 0.1) is 28.4 Å². The number of non-ortho nitro benzene ring substituents is 1. The van der Waals surface area contributed by atoms with Gasteiger partial charge in [0.2, 0.25) is 0 Å². The van der Waals surface area contributed by atoms with Crippen molar-refractivity contribution in [2.75, 3.05) is 13.2 Å². The number of benzene rings is 2. The van der Waals surface area contributed by atoms with Gasteiger partial charge in [0.1, 0.15) is 5.75 Å². The van der Waals surface area contributed by atoms with Crippen molar-refractivity contribution in [3.05, 3.63) is 69.8 Å². The lowest BCUT2D eigenvalue weighted by molar-refractivity contribution is -0.384. The maximum atomic E-state index is 11.9. The fourth-order valence-electron chi connectivity index (χ4n) is 2.83. The highest BCUT2D eigenvalue weighted by atomic mass is 32.8. The van der Waals surface area contributed by atoms with Gasteiger partial charge in [-0.3, -0.25) is 14.9 Å². The maximum Gasteiger partial charge on any atom is 0.311 e. The van der Waals surface area contributed by atoms with Crippen molar-refractivity contribution < 1.29 is 22.2 Å². The largest absolute Gasteiger partial charge is 0.494 e. The molecular weight excluding hydrogens is 530 g/mol. The zero-order valence-electron chi connectivity index (χ0n) is 23.2. The van der Waals surface area contributed by atoms with E-state index in [9.17, 15) is 14.9 Å². The lowest BCUT2D eigenvalue weighted by Gasteiger charge is -2.20. The summed E-state index contributed by atoms with van der Waals surface area (Å²) in [6.07, 6.45) is 16.5. The SMILES string of the molecule is C.C.C.C#C.CCC(C)(C)C(=O)OCCCCCCOc1ccc(/C=C/c2ccc([N+](=O)[O-])cc2)cc1.S=S.[2H][2H]. The zero-order valence-corrected chi connectivity index (χ0v) is 22.8. The van der Waals surface area contributed by atoms with Crippen molar-refractivity contribution in [1.29, 1.82) is 0 Å². The second kappa shape index (κ2) is 25.1. The number of carbonyl (C=O) groups is 1. The molecule has 0 saturated heterocycles. The second-order valence-corrected chi connectivity index (χ2v) is 8.39. The van der Waals surface area contributed by atoms with Crippen LogP contribution in [0.25, 0.3) is 12.2 Å². The number of hydrogen-bond donors (Lipinski definition) is 0. The minimum Gasteiger partial charge on any atom is -0.494 e. The van der Waals surface area contributed by atoms with E-state index < -0.39 is 10.3 Å². The second-order valence-electron chi connectivity index (χ2n) is 8.39. The minimum atomic E-state index is -0.405. The van der Waals surface area contributed by atoms with Crippen LogP contribution in [-0.2, 0) is 31.9 Å². The van der Waals surface area contributed by atoms with Crippen LogP contribution in [-0.4, -0.2) is 24.1 Å². The average molecular weight is 582 g/mol. The van der Waals surface area contributed by atoms with E-state index in [1.54, 1.807) is 12.1 Å². The molecule has 0 unspecified atom stereocenters. The fourth-order valence-corrected chi connectivity index (χ4v) is 2.83. The first-order chi connectivity index (χ1) is 18.3. The van der Waals surface area contributed by atoms with Gasteiger partial charge in [-0.25, -0.2) is 0 Å². The molecule has 0 aliphatic heterocycles. The molecular formula is C31H49NO5S2. The summed E-state index contributed by atoms with van der Waals surface area (Å²) in [5.74, 6) is 0.711. The highest BCUT2D eigenvalue weighted by Gasteiger charge is 2.26. The molecule has 0 N–H and O–H groups in total. The van der Waals surface area contributed by atoms with E-state index in [4.69, 9.17) is 12.4 Å². The van der Waals surface area contributed by atoms with Gasteiger partial charge in [-0.1, -0.05) is 53.5 Å². The number of rotatable bonds is 13.